The molecule has 0 aliphatic carbocycles. The maximum absolute atomic E-state index is 11.4. The molecule has 0 radical (unpaired) electrons. The van der Waals surface area contributed by atoms with Crippen LogP contribution in [-0.4, -0.2) is 16.9 Å². The molecular weight excluding hydrogens is 192 g/mol. The fraction of sp³-hybridized carbons (Fsp3) is 0.333. The van der Waals surface area contributed by atoms with Gasteiger partial charge in [-0.05, 0) is 18.1 Å². The molecule has 3 nitrogen and oxygen atoms in total. The summed E-state index contributed by atoms with van der Waals surface area (Å²) in [6.07, 6.45) is 1.53. The fourth-order valence-electron chi connectivity index (χ4n) is 1.46. The Morgan fingerprint density at radius 1 is 1.27 bits per heavy atom. The average Bonchev–Trinajstić information content (AvgIpc) is 2.18. The normalized spacial score (nSPS) is 9.93. The van der Waals surface area contributed by atoms with Crippen LogP contribution in [0.5, 0.6) is 0 Å². The Bertz CT molecular complexity index is 369. The lowest BCUT2D eigenvalue weighted by Gasteiger charge is -2.04. The van der Waals surface area contributed by atoms with E-state index in [-0.39, 0.29) is 17.8 Å². The first-order chi connectivity index (χ1) is 7.15. The quantitative estimate of drug-likeness (QED) is 0.804. The molecule has 1 N–H and O–H groups in total. The van der Waals surface area contributed by atoms with Gasteiger partial charge in [0.05, 0.1) is 5.56 Å². The van der Waals surface area contributed by atoms with Gasteiger partial charge in [0.25, 0.3) is 0 Å². The van der Waals surface area contributed by atoms with E-state index in [4.69, 9.17) is 5.11 Å². The van der Waals surface area contributed by atoms with Crippen molar-refractivity contribution in [2.45, 2.75) is 26.2 Å². The second kappa shape index (κ2) is 5.29. The van der Waals surface area contributed by atoms with Gasteiger partial charge >= 0.3 is 5.97 Å². The number of benzene rings is 1. The van der Waals surface area contributed by atoms with Crippen molar-refractivity contribution in [2.75, 3.05) is 0 Å². The summed E-state index contributed by atoms with van der Waals surface area (Å²) in [6.45, 7) is 1.93. The third-order valence-electron chi connectivity index (χ3n) is 2.16. The summed E-state index contributed by atoms with van der Waals surface area (Å²) in [5.74, 6) is -0.888. The van der Waals surface area contributed by atoms with Gasteiger partial charge < -0.3 is 5.11 Å². The van der Waals surface area contributed by atoms with E-state index >= 15 is 0 Å². The Labute approximate surface area is 88.7 Å². The first kappa shape index (κ1) is 11.4. The summed E-state index contributed by atoms with van der Waals surface area (Å²) in [7, 11) is 0. The van der Waals surface area contributed by atoms with Gasteiger partial charge in [0.15, 0.2) is 0 Å². The molecule has 1 aromatic carbocycles. The molecule has 0 saturated heterocycles. The van der Waals surface area contributed by atoms with Crippen molar-refractivity contribution in [3.63, 3.8) is 0 Å². The smallest absolute Gasteiger partial charge is 0.335 e. The molecule has 0 saturated carbocycles. The molecule has 0 fully saturated rings. The van der Waals surface area contributed by atoms with Gasteiger partial charge in [-0.1, -0.05) is 25.1 Å². The summed E-state index contributed by atoms with van der Waals surface area (Å²) < 4.78 is 0. The third-order valence-corrected chi connectivity index (χ3v) is 2.16. The fourth-order valence-corrected chi connectivity index (χ4v) is 1.46. The molecule has 80 valence electrons. The van der Waals surface area contributed by atoms with Crippen LogP contribution < -0.4 is 0 Å². The molecule has 0 aromatic heterocycles. The zero-order chi connectivity index (χ0) is 11.3. The summed E-state index contributed by atoms with van der Waals surface area (Å²) >= 11 is 0. The van der Waals surface area contributed by atoms with Crippen molar-refractivity contribution in [2.24, 2.45) is 0 Å². The summed E-state index contributed by atoms with van der Waals surface area (Å²) in [5, 5.41) is 8.90. The van der Waals surface area contributed by atoms with Crippen LogP contribution in [0.1, 0.15) is 35.7 Å². The van der Waals surface area contributed by atoms with Crippen LogP contribution in [-0.2, 0) is 11.2 Å². The summed E-state index contributed by atoms with van der Waals surface area (Å²) in [4.78, 5) is 22.2. The Kier molecular flexibility index (Phi) is 4.03. The number of Topliss-reactive ketones (excluding diaryl/α,β-unsaturated/α-hetero) is 1. The molecule has 0 aliphatic rings. The van der Waals surface area contributed by atoms with E-state index in [9.17, 15) is 9.59 Å². The number of aromatic carboxylic acids is 1. The van der Waals surface area contributed by atoms with Crippen molar-refractivity contribution in [1.29, 1.82) is 0 Å². The van der Waals surface area contributed by atoms with E-state index in [0.717, 1.165) is 6.42 Å². The third kappa shape index (κ3) is 3.20. The number of hydrogen-bond acceptors (Lipinski definition) is 2. The standard InChI is InChI=1S/C12H14O3/c1-2-5-10(13)8-9-6-3-4-7-11(9)12(14)15/h3-4,6-7H,2,5,8H2,1H3,(H,14,15). The summed E-state index contributed by atoms with van der Waals surface area (Å²) in [5.41, 5.74) is 0.824. The average molecular weight is 206 g/mol. The van der Waals surface area contributed by atoms with Crippen LogP contribution in [0.25, 0.3) is 0 Å². The first-order valence-electron chi connectivity index (χ1n) is 4.98. The van der Waals surface area contributed by atoms with Crippen molar-refractivity contribution in [1.82, 2.24) is 0 Å². The van der Waals surface area contributed by atoms with Gasteiger partial charge in [0, 0.05) is 12.8 Å². The van der Waals surface area contributed by atoms with Crippen LogP contribution in [0.15, 0.2) is 24.3 Å². The van der Waals surface area contributed by atoms with Gasteiger partial charge in [-0.2, -0.15) is 0 Å². The van der Waals surface area contributed by atoms with E-state index in [1.54, 1.807) is 18.2 Å². The molecular formula is C12H14O3. The van der Waals surface area contributed by atoms with Gasteiger partial charge in [-0.15, -0.1) is 0 Å². The largest absolute Gasteiger partial charge is 0.478 e. The molecule has 0 aliphatic heterocycles. The molecule has 0 bridgehead atoms. The van der Waals surface area contributed by atoms with E-state index < -0.39 is 5.97 Å². The molecule has 15 heavy (non-hydrogen) atoms. The van der Waals surface area contributed by atoms with Crippen LogP contribution in [0.4, 0.5) is 0 Å². The number of ketones is 1. The van der Waals surface area contributed by atoms with E-state index in [2.05, 4.69) is 0 Å². The Hall–Kier alpha value is -1.64. The topological polar surface area (TPSA) is 54.4 Å². The highest BCUT2D eigenvalue weighted by Crippen LogP contribution is 2.11. The molecule has 0 amide bonds. The minimum absolute atomic E-state index is 0.0891. The maximum atomic E-state index is 11.4. The number of carbonyl (C=O) groups is 2. The highest BCUT2D eigenvalue weighted by atomic mass is 16.4. The first-order valence-corrected chi connectivity index (χ1v) is 4.98. The zero-order valence-electron chi connectivity index (χ0n) is 8.69. The van der Waals surface area contributed by atoms with Crippen molar-refractivity contribution in [3.05, 3.63) is 35.4 Å². The number of rotatable bonds is 5. The van der Waals surface area contributed by atoms with Gasteiger partial charge in [0.2, 0.25) is 0 Å². The lowest BCUT2D eigenvalue weighted by molar-refractivity contribution is -0.118. The number of carbonyl (C=O) groups excluding carboxylic acids is 1. The van der Waals surface area contributed by atoms with Gasteiger partial charge in [0.1, 0.15) is 5.78 Å². The minimum atomic E-state index is -0.977. The molecule has 0 atom stereocenters. The molecule has 0 spiro atoms. The maximum Gasteiger partial charge on any atom is 0.335 e. The SMILES string of the molecule is CCCC(=O)Cc1ccccc1C(=O)O. The number of carboxylic acid groups (broad SMARTS) is 1. The van der Waals surface area contributed by atoms with E-state index in [1.165, 1.54) is 6.07 Å². The molecule has 0 heterocycles. The van der Waals surface area contributed by atoms with Crippen LogP contribution in [0, 0.1) is 0 Å². The number of carboxylic acids is 1. The Morgan fingerprint density at radius 2 is 1.93 bits per heavy atom. The lowest BCUT2D eigenvalue weighted by Crippen LogP contribution is -2.08. The summed E-state index contributed by atoms with van der Waals surface area (Å²) in [6, 6.07) is 6.63. The van der Waals surface area contributed by atoms with E-state index in [1.807, 2.05) is 6.92 Å². The Balaban J connectivity index is 2.84. The highest BCUT2D eigenvalue weighted by molar-refractivity contribution is 5.92. The Morgan fingerprint density at radius 3 is 2.53 bits per heavy atom. The van der Waals surface area contributed by atoms with Gasteiger partial charge in [-0.3, -0.25) is 4.79 Å². The monoisotopic (exact) mass is 206 g/mol. The van der Waals surface area contributed by atoms with Crippen LogP contribution >= 0.6 is 0 Å². The van der Waals surface area contributed by atoms with Crippen LogP contribution in [0.3, 0.4) is 0 Å². The minimum Gasteiger partial charge on any atom is -0.478 e. The highest BCUT2D eigenvalue weighted by Gasteiger charge is 2.11. The van der Waals surface area contributed by atoms with Crippen LogP contribution in [0.2, 0.25) is 0 Å². The van der Waals surface area contributed by atoms with Crippen molar-refractivity contribution >= 4 is 11.8 Å². The van der Waals surface area contributed by atoms with Gasteiger partial charge in [-0.25, -0.2) is 4.79 Å². The molecule has 3 heteroatoms. The predicted octanol–water partition coefficient (Wildman–Crippen LogP) is 2.30. The van der Waals surface area contributed by atoms with Crippen molar-refractivity contribution in [3.8, 4) is 0 Å². The van der Waals surface area contributed by atoms with Crippen molar-refractivity contribution < 1.29 is 14.7 Å². The van der Waals surface area contributed by atoms with E-state index in [0.29, 0.717) is 12.0 Å². The lowest BCUT2D eigenvalue weighted by atomic mass is 10.0. The molecule has 0 unspecified atom stereocenters. The predicted molar refractivity (Wildman–Crippen MR) is 57.0 cm³/mol. The second-order valence-corrected chi connectivity index (χ2v) is 3.43. The zero-order valence-corrected chi connectivity index (χ0v) is 8.69. The second-order valence-electron chi connectivity index (χ2n) is 3.43. The molecule has 1 rings (SSSR count). The number of hydrogen-bond donors (Lipinski definition) is 1. The molecule has 1 aromatic rings.